The molecule has 0 spiro atoms. The van der Waals surface area contributed by atoms with Crippen molar-refractivity contribution in [2.24, 2.45) is 5.92 Å². The summed E-state index contributed by atoms with van der Waals surface area (Å²) in [6, 6.07) is 5.77. The Morgan fingerprint density at radius 1 is 1.19 bits per heavy atom. The second kappa shape index (κ2) is 9.50. The van der Waals surface area contributed by atoms with Crippen LogP contribution in [0.5, 0.6) is 0 Å². The van der Waals surface area contributed by atoms with E-state index in [2.05, 4.69) is 20.8 Å². The molecule has 0 aliphatic heterocycles. The van der Waals surface area contributed by atoms with Gasteiger partial charge in [0, 0.05) is 12.6 Å². The first-order valence-corrected chi connectivity index (χ1v) is 9.67. The van der Waals surface area contributed by atoms with Crippen LogP contribution in [0.4, 0.5) is 9.18 Å². The molecular weight excluding hydrogens is 369 g/mol. The summed E-state index contributed by atoms with van der Waals surface area (Å²) in [5.74, 6) is -0.128. The molecule has 0 saturated carbocycles. The van der Waals surface area contributed by atoms with Crippen LogP contribution in [0.15, 0.2) is 29.4 Å². The highest BCUT2D eigenvalue weighted by Crippen LogP contribution is 2.26. The molecule has 27 heavy (non-hydrogen) atoms. The third kappa shape index (κ3) is 6.06. The highest BCUT2D eigenvalue weighted by molar-refractivity contribution is 7.99. The lowest BCUT2D eigenvalue weighted by Crippen LogP contribution is -2.43. The molecule has 3 amide bonds. The van der Waals surface area contributed by atoms with Crippen LogP contribution in [-0.4, -0.2) is 38.5 Å². The molecule has 0 atom stereocenters. The van der Waals surface area contributed by atoms with Gasteiger partial charge in [-0.25, -0.2) is 9.18 Å². The summed E-state index contributed by atoms with van der Waals surface area (Å²) in [6.45, 7) is 8.24. The maximum atomic E-state index is 14.2. The molecule has 2 N–H and O–H groups in total. The lowest BCUT2D eigenvalue weighted by molar-refractivity contribution is -0.117. The molecule has 2 rings (SSSR count). The van der Waals surface area contributed by atoms with Crippen molar-refractivity contribution in [2.75, 3.05) is 5.75 Å². The van der Waals surface area contributed by atoms with E-state index in [0.29, 0.717) is 23.1 Å². The third-order valence-corrected chi connectivity index (χ3v) is 4.35. The van der Waals surface area contributed by atoms with Crippen LogP contribution in [0.1, 0.15) is 27.7 Å². The van der Waals surface area contributed by atoms with Crippen molar-refractivity contribution in [3.63, 3.8) is 0 Å². The summed E-state index contributed by atoms with van der Waals surface area (Å²) >= 11 is 1.15. The maximum Gasteiger partial charge on any atom is 0.321 e. The van der Waals surface area contributed by atoms with Gasteiger partial charge < -0.3 is 9.88 Å². The Labute approximate surface area is 162 Å². The van der Waals surface area contributed by atoms with Crippen molar-refractivity contribution >= 4 is 23.7 Å². The van der Waals surface area contributed by atoms with Crippen LogP contribution in [0.2, 0.25) is 0 Å². The van der Waals surface area contributed by atoms with Gasteiger partial charge in [-0.05, 0) is 31.9 Å². The van der Waals surface area contributed by atoms with Crippen LogP contribution < -0.4 is 10.6 Å². The van der Waals surface area contributed by atoms with Crippen molar-refractivity contribution < 1.29 is 14.0 Å². The normalized spacial score (nSPS) is 11.1. The first kappa shape index (κ1) is 20.9. The number of benzene rings is 1. The molecule has 1 aromatic carbocycles. The number of amides is 3. The van der Waals surface area contributed by atoms with Gasteiger partial charge in [0.15, 0.2) is 11.0 Å². The van der Waals surface area contributed by atoms with Gasteiger partial charge in [-0.1, -0.05) is 37.7 Å². The van der Waals surface area contributed by atoms with Gasteiger partial charge in [0.2, 0.25) is 5.91 Å². The summed E-state index contributed by atoms with van der Waals surface area (Å²) in [7, 11) is 0. The Morgan fingerprint density at radius 3 is 2.52 bits per heavy atom. The topological polar surface area (TPSA) is 88.9 Å². The zero-order valence-electron chi connectivity index (χ0n) is 15.8. The number of thioether (sulfide) groups is 1. The summed E-state index contributed by atoms with van der Waals surface area (Å²) in [5, 5.41) is 13.6. The molecule has 2 aromatic rings. The SMILES string of the molecule is CC(C)Cn1c(SCC(=O)NC(=O)NC(C)C)nnc1-c1ccccc1F. The van der Waals surface area contributed by atoms with Crippen molar-refractivity contribution in [3.8, 4) is 11.4 Å². The second-order valence-corrected chi connectivity index (χ2v) is 7.70. The molecule has 0 saturated heterocycles. The van der Waals surface area contributed by atoms with E-state index in [1.54, 1.807) is 36.6 Å². The van der Waals surface area contributed by atoms with Gasteiger partial charge in [0.25, 0.3) is 0 Å². The highest BCUT2D eigenvalue weighted by Gasteiger charge is 2.19. The monoisotopic (exact) mass is 393 g/mol. The second-order valence-electron chi connectivity index (χ2n) is 6.76. The summed E-state index contributed by atoms with van der Waals surface area (Å²) < 4.78 is 16.0. The average Bonchev–Trinajstić information content (AvgIpc) is 2.94. The molecule has 0 aliphatic carbocycles. The van der Waals surface area contributed by atoms with Crippen molar-refractivity contribution in [2.45, 2.75) is 45.4 Å². The van der Waals surface area contributed by atoms with E-state index in [1.807, 2.05) is 13.8 Å². The fourth-order valence-electron chi connectivity index (χ4n) is 2.36. The van der Waals surface area contributed by atoms with Gasteiger partial charge in [0.05, 0.1) is 11.3 Å². The Kier molecular flexibility index (Phi) is 7.35. The van der Waals surface area contributed by atoms with Crippen molar-refractivity contribution in [3.05, 3.63) is 30.1 Å². The van der Waals surface area contributed by atoms with Crippen LogP contribution in [0, 0.1) is 11.7 Å². The van der Waals surface area contributed by atoms with E-state index in [1.165, 1.54) is 6.07 Å². The summed E-state index contributed by atoms with van der Waals surface area (Å²) in [6.07, 6.45) is 0. The molecule has 0 unspecified atom stereocenters. The van der Waals surface area contributed by atoms with E-state index < -0.39 is 11.9 Å². The molecule has 0 fully saturated rings. The van der Waals surface area contributed by atoms with Gasteiger partial charge in [-0.3, -0.25) is 10.1 Å². The van der Waals surface area contributed by atoms with Crippen LogP contribution >= 0.6 is 11.8 Å². The smallest absolute Gasteiger partial charge is 0.321 e. The number of hydrogen-bond donors (Lipinski definition) is 2. The van der Waals surface area contributed by atoms with E-state index in [0.717, 1.165) is 11.8 Å². The van der Waals surface area contributed by atoms with E-state index in [-0.39, 0.29) is 23.5 Å². The minimum Gasteiger partial charge on any atom is -0.336 e. The number of hydrogen-bond acceptors (Lipinski definition) is 5. The predicted molar refractivity (Wildman–Crippen MR) is 103 cm³/mol. The molecule has 9 heteroatoms. The molecule has 7 nitrogen and oxygen atoms in total. The molecule has 1 aromatic heterocycles. The van der Waals surface area contributed by atoms with Crippen LogP contribution in [-0.2, 0) is 11.3 Å². The number of rotatable bonds is 7. The number of carbonyl (C=O) groups is 2. The minimum absolute atomic E-state index is 0.000977. The fourth-order valence-corrected chi connectivity index (χ4v) is 3.11. The van der Waals surface area contributed by atoms with Gasteiger partial charge in [0.1, 0.15) is 5.82 Å². The van der Waals surface area contributed by atoms with E-state index >= 15 is 0 Å². The van der Waals surface area contributed by atoms with E-state index in [4.69, 9.17) is 0 Å². The largest absolute Gasteiger partial charge is 0.336 e. The molecule has 0 aliphatic rings. The Morgan fingerprint density at radius 2 is 1.89 bits per heavy atom. The number of imide groups is 1. The van der Waals surface area contributed by atoms with Crippen LogP contribution in [0.3, 0.4) is 0 Å². The molecular formula is C18H24FN5O2S. The first-order valence-electron chi connectivity index (χ1n) is 8.69. The zero-order chi connectivity index (χ0) is 20.0. The molecule has 146 valence electrons. The van der Waals surface area contributed by atoms with Crippen molar-refractivity contribution in [1.29, 1.82) is 0 Å². The standard InChI is InChI=1S/C18H24FN5O2S/c1-11(2)9-24-16(13-7-5-6-8-14(13)19)22-23-18(24)27-10-15(25)21-17(26)20-12(3)4/h5-8,11-12H,9-10H2,1-4H3,(H2,20,21,25,26). The number of urea groups is 1. The van der Waals surface area contributed by atoms with Gasteiger partial charge >= 0.3 is 6.03 Å². The zero-order valence-corrected chi connectivity index (χ0v) is 16.6. The molecule has 0 radical (unpaired) electrons. The Bertz CT molecular complexity index is 807. The maximum absolute atomic E-state index is 14.2. The third-order valence-electron chi connectivity index (χ3n) is 3.38. The van der Waals surface area contributed by atoms with Gasteiger partial charge in [-0.15, -0.1) is 10.2 Å². The number of nitrogens with zero attached hydrogens (tertiary/aromatic N) is 3. The fraction of sp³-hybridized carbons (Fsp3) is 0.444. The first-order chi connectivity index (χ1) is 12.8. The number of halogens is 1. The number of aromatic nitrogens is 3. The average molecular weight is 393 g/mol. The van der Waals surface area contributed by atoms with Crippen molar-refractivity contribution in [1.82, 2.24) is 25.4 Å². The van der Waals surface area contributed by atoms with E-state index in [9.17, 15) is 14.0 Å². The molecule has 1 heterocycles. The lowest BCUT2D eigenvalue weighted by Gasteiger charge is -2.13. The Hall–Kier alpha value is -2.42. The lowest BCUT2D eigenvalue weighted by atomic mass is 10.2. The molecule has 0 bridgehead atoms. The van der Waals surface area contributed by atoms with Gasteiger partial charge in [-0.2, -0.15) is 0 Å². The predicted octanol–water partition coefficient (Wildman–Crippen LogP) is 3.07. The summed E-state index contributed by atoms with van der Waals surface area (Å²) in [5.41, 5.74) is 0.360. The number of carbonyl (C=O) groups excluding carboxylic acids is 2. The van der Waals surface area contributed by atoms with Crippen LogP contribution in [0.25, 0.3) is 11.4 Å². The minimum atomic E-state index is -0.536. The number of nitrogens with one attached hydrogen (secondary N) is 2. The Balaban J connectivity index is 2.14. The quantitative estimate of drug-likeness (QED) is 0.706. The summed E-state index contributed by atoms with van der Waals surface area (Å²) in [4.78, 5) is 23.5. The highest BCUT2D eigenvalue weighted by atomic mass is 32.2.